The molecule has 1 saturated heterocycles. The smallest absolute Gasteiger partial charge is 0.335 e. The van der Waals surface area contributed by atoms with Crippen molar-refractivity contribution in [3.63, 3.8) is 0 Å². The zero-order valence-electron chi connectivity index (χ0n) is 48.4. The molecule has 1 aliphatic rings. The SMILES string of the molecule is CC/C=C\C/C=C\C/C=C\C/C=C\CCCCC(=O)OCC(COC1OC(C(=O)O)C(O)C(O)C1OC(=O)CCCCCCCC/C=C\C/C=C\C/C=C\CCCCC)OC(=O)CCCCCCCCCCCCCCC. The molecule has 0 aliphatic carbocycles. The molecule has 77 heavy (non-hydrogen) atoms. The molecule has 0 aromatic heterocycles. The van der Waals surface area contributed by atoms with Gasteiger partial charge < -0.3 is 39.0 Å². The number of carboxylic acid groups (broad SMARTS) is 1. The van der Waals surface area contributed by atoms with E-state index in [0.29, 0.717) is 19.3 Å². The predicted octanol–water partition coefficient (Wildman–Crippen LogP) is 15.9. The van der Waals surface area contributed by atoms with Crippen molar-refractivity contribution in [1.82, 2.24) is 0 Å². The van der Waals surface area contributed by atoms with Gasteiger partial charge in [0.15, 0.2) is 24.6 Å². The van der Waals surface area contributed by atoms with Gasteiger partial charge in [0, 0.05) is 19.3 Å². The van der Waals surface area contributed by atoms with Gasteiger partial charge in [-0.1, -0.05) is 221 Å². The molecule has 1 rings (SSSR count). The van der Waals surface area contributed by atoms with E-state index >= 15 is 0 Å². The number of aliphatic carboxylic acids is 1. The summed E-state index contributed by atoms with van der Waals surface area (Å²) < 4.78 is 28.4. The van der Waals surface area contributed by atoms with Crippen LogP contribution in [0.2, 0.25) is 0 Å². The van der Waals surface area contributed by atoms with Gasteiger partial charge in [-0.05, 0) is 96.3 Å². The highest BCUT2D eigenvalue weighted by Gasteiger charge is 2.50. The first kappa shape index (κ1) is 70.9. The molecule has 0 amide bonds. The monoisotopic (exact) mass is 1080 g/mol. The van der Waals surface area contributed by atoms with E-state index in [1.165, 1.54) is 83.5 Å². The second-order valence-corrected chi connectivity index (χ2v) is 20.6. The zero-order chi connectivity index (χ0) is 56.1. The lowest BCUT2D eigenvalue weighted by atomic mass is 9.98. The van der Waals surface area contributed by atoms with Crippen molar-refractivity contribution < 1.29 is 58.2 Å². The van der Waals surface area contributed by atoms with E-state index in [1.807, 2.05) is 0 Å². The number of unbranched alkanes of at least 4 members (excludes halogenated alkanes) is 23. The molecule has 12 nitrogen and oxygen atoms in total. The number of carbonyl (C=O) groups excluding carboxylic acids is 3. The molecule has 440 valence electrons. The van der Waals surface area contributed by atoms with Crippen molar-refractivity contribution in [1.29, 1.82) is 0 Å². The van der Waals surface area contributed by atoms with Gasteiger partial charge in [-0.15, -0.1) is 0 Å². The average Bonchev–Trinajstić information content (AvgIpc) is 3.42. The molecule has 1 heterocycles. The number of allylic oxidation sites excluding steroid dienone is 14. The summed E-state index contributed by atoms with van der Waals surface area (Å²) in [6.45, 7) is 5.82. The Morgan fingerprint density at radius 1 is 0.442 bits per heavy atom. The number of carbonyl (C=O) groups is 4. The Bertz CT molecular complexity index is 1660. The summed E-state index contributed by atoms with van der Waals surface area (Å²) in [7, 11) is 0. The summed E-state index contributed by atoms with van der Waals surface area (Å²) in [6.07, 6.45) is 55.5. The molecule has 0 saturated carbocycles. The lowest BCUT2D eigenvalue weighted by Gasteiger charge is -2.40. The lowest BCUT2D eigenvalue weighted by molar-refractivity contribution is -0.301. The van der Waals surface area contributed by atoms with Gasteiger partial charge in [0.2, 0.25) is 0 Å². The van der Waals surface area contributed by atoms with Crippen LogP contribution in [0.5, 0.6) is 0 Å². The van der Waals surface area contributed by atoms with Gasteiger partial charge in [0.25, 0.3) is 0 Å². The highest BCUT2D eigenvalue weighted by atomic mass is 16.7. The summed E-state index contributed by atoms with van der Waals surface area (Å²) in [6, 6.07) is 0. The summed E-state index contributed by atoms with van der Waals surface area (Å²) >= 11 is 0. The number of hydrogen-bond acceptors (Lipinski definition) is 11. The topological polar surface area (TPSA) is 175 Å². The van der Waals surface area contributed by atoms with Crippen LogP contribution in [0.1, 0.15) is 252 Å². The third-order valence-electron chi connectivity index (χ3n) is 13.5. The van der Waals surface area contributed by atoms with E-state index in [2.05, 4.69) is 106 Å². The van der Waals surface area contributed by atoms with Crippen molar-refractivity contribution in [2.45, 2.75) is 289 Å². The minimum atomic E-state index is -1.92. The number of aliphatic hydroxyl groups is 2. The number of esters is 3. The molecule has 1 fully saturated rings. The maximum absolute atomic E-state index is 13.1. The van der Waals surface area contributed by atoms with Crippen LogP contribution < -0.4 is 0 Å². The maximum atomic E-state index is 13.1. The third-order valence-corrected chi connectivity index (χ3v) is 13.5. The molecule has 0 bridgehead atoms. The van der Waals surface area contributed by atoms with Crippen LogP contribution in [0, 0.1) is 0 Å². The molecular weight excluding hydrogens is 973 g/mol. The second kappa shape index (κ2) is 52.6. The number of carboxylic acids is 1. The largest absolute Gasteiger partial charge is 0.479 e. The molecule has 6 unspecified atom stereocenters. The number of ether oxygens (including phenoxy) is 5. The normalized spacial score (nSPS) is 18.6. The molecular formula is C65H108O12. The van der Waals surface area contributed by atoms with E-state index in [1.54, 1.807) is 0 Å². The van der Waals surface area contributed by atoms with E-state index in [-0.39, 0.29) is 25.9 Å². The maximum Gasteiger partial charge on any atom is 0.335 e. The lowest BCUT2D eigenvalue weighted by Crippen LogP contribution is -2.61. The number of hydrogen-bond donors (Lipinski definition) is 3. The highest BCUT2D eigenvalue weighted by Crippen LogP contribution is 2.26. The molecule has 12 heteroatoms. The standard InChI is InChI=1S/C65H108O12/c1-4-7-10-13-16-19-22-25-27-28-29-30-32-35-38-41-44-47-50-53-59(68)76-63-61(70)60(69)62(64(71)72)77-65(63)74-55-56(75-58(67)52-49-46-43-40-37-33-24-21-18-15-12-9-6-3)54-73-57(66)51-48-45-42-39-36-34-31-26-23-20-17-14-11-8-5-2/h8,11,16-17,19-20,25-27,29-31,36,39,56,60-63,65,69-70H,4-7,9-10,12-15,18,21-24,28,32-35,37-38,40-55H2,1-3H3,(H,71,72)/b11-8-,19-16-,20-17-,27-25-,30-29-,31-26-,39-36-. The first-order valence-corrected chi connectivity index (χ1v) is 30.6. The molecule has 0 spiro atoms. The Morgan fingerprint density at radius 3 is 1.30 bits per heavy atom. The fourth-order valence-electron chi connectivity index (χ4n) is 8.78. The van der Waals surface area contributed by atoms with Crippen molar-refractivity contribution in [3.8, 4) is 0 Å². The van der Waals surface area contributed by atoms with Crippen LogP contribution in [-0.4, -0.2) is 89.2 Å². The molecule has 0 aromatic carbocycles. The minimum absolute atomic E-state index is 0.0398. The zero-order valence-corrected chi connectivity index (χ0v) is 48.4. The fraction of sp³-hybridized carbons (Fsp3) is 0.723. The number of rotatable bonds is 51. The van der Waals surface area contributed by atoms with E-state index in [4.69, 9.17) is 23.7 Å². The van der Waals surface area contributed by atoms with Crippen molar-refractivity contribution in [2.75, 3.05) is 13.2 Å². The minimum Gasteiger partial charge on any atom is -0.479 e. The first-order valence-electron chi connectivity index (χ1n) is 30.6. The highest BCUT2D eigenvalue weighted by molar-refractivity contribution is 5.74. The second-order valence-electron chi connectivity index (χ2n) is 20.6. The van der Waals surface area contributed by atoms with Crippen LogP contribution in [0.15, 0.2) is 85.1 Å². The van der Waals surface area contributed by atoms with Gasteiger partial charge in [-0.3, -0.25) is 14.4 Å². The van der Waals surface area contributed by atoms with Gasteiger partial charge in [0.05, 0.1) is 6.61 Å². The van der Waals surface area contributed by atoms with Crippen LogP contribution in [0.3, 0.4) is 0 Å². The molecule has 0 aromatic rings. The summed E-state index contributed by atoms with van der Waals surface area (Å²) in [4.78, 5) is 51.2. The van der Waals surface area contributed by atoms with Crippen LogP contribution in [-0.2, 0) is 42.9 Å². The molecule has 0 radical (unpaired) electrons. The van der Waals surface area contributed by atoms with Crippen LogP contribution in [0.25, 0.3) is 0 Å². The van der Waals surface area contributed by atoms with Crippen molar-refractivity contribution in [3.05, 3.63) is 85.1 Å². The third kappa shape index (κ3) is 42.5. The van der Waals surface area contributed by atoms with Gasteiger partial charge in [0.1, 0.15) is 18.8 Å². The summed E-state index contributed by atoms with van der Waals surface area (Å²) in [5.41, 5.74) is 0. The van der Waals surface area contributed by atoms with Gasteiger partial charge in [-0.25, -0.2) is 4.79 Å². The molecule has 1 aliphatic heterocycles. The van der Waals surface area contributed by atoms with E-state index in [0.717, 1.165) is 109 Å². The molecule has 6 atom stereocenters. The Labute approximate surface area is 467 Å². The van der Waals surface area contributed by atoms with Gasteiger partial charge >= 0.3 is 23.9 Å². The average molecular weight is 1080 g/mol. The first-order chi connectivity index (χ1) is 37.6. The van der Waals surface area contributed by atoms with Crippen LogP contribution in [0.4, 0.5) is 0 Å². The Balaban J connectivity index is 2.70. The fourth-order valence-corrected chi connectivity index (χ4v) is 8.78. The summed E-state index contributed by atoms with van der Waals surface area (Å²) in [5, 5.41) is 31.5. The van der Waals surface area contributed by atoms with E-state index < -0.39 is 67.3 Å². The Morgan fingerprint density at radius 2 is 0.818 bits per heavy atom. The molecule has 3 N–H and O–H groups in total. The van der Waals surface area contributed by atoms with Gasteiger partial charge in [-0.2, -0.15) is 0 Å². The number of aliphatic hydroxyl groups excluding tert-OH is 2. The summed E-state index contributed by atoms with van der Waals surface area (Å²) in [5.74, 6) is -3.19. The van der Waals surface area contributed by atoms with E-state index in [9.17, 15) is 34.5 Å². The Hall–Kier alpha value is -4.10. The Kier molecular flexibility index (Phi) is 48.4. The van der Waals surface area contributed by atoms with Crippen LogP contribution >= 0.6 is 0 Å². The van der Waals surface area contributed by atoms with Crippen molar-refractivity contribution in [2.24, 2.45) is 0 Å². The quantitative estimate of drug-likeness (QED) is 0.0228. The predicted molar refractivity (Wildman–Crippen MR) is 312 cm³/mol. The van der Waals surface area contributed by atoms with Crippen molar-refractivity contribution >= 4 is 23.9 Å².